The molecule has 0 spiro atoms. The lowest BCUT2D eigenvalue weighted by Crippen LogP contribution is -2.13. The molecule has 0 atom stereocenters. The van der Waals surface area contributed by atoms with Gasteiger partial charge in [0.1, 0.15) is 0 Å². The Hall–Kier alpha value is -1.37. The first-order chi connectivity index (χ1) is 9.96. The number of halogens is 1. The van der Waals surface area contributed by atoms with Crippen molar-refractivity contribution in [2.45, 2.75) is 24.8 Å². The Morgan fingerprint density at radius 1 is 1.14 bits per heavy atom. The van der Waals surface area contributed by atoms with Crippen molar-refractivity contribution in [3.05, 3.63) is 58.1 Å². The van der Waals surface area contributed by atoms with Crippen molar-refractivity contribution in [3.63, 3.8) is 0 Å². The molecule has 112 valence electrons. The van der Waals surface area contributed by atoms with Crippen molar-refractivity contribution in [1.29, 1.82) is 0 Å². The third-order valence-electron chi connectivity index (χ3n) is 3.12. The van der Waals surface area contributed by atoms with Gasteiger partial charge in [0.25, 0.3) is 10.0 Å². The fraction of sp³-hybridized carbons (Fsp3) is 0.200. The van der Waals surface area contributed by atoms with Crippen molar-refractivity contribution >= 4 is 31.6 Å². The number of benzene rings is 2. The number of sulfonamides is 1. The second-order valence-electron chi connectivity index (χ2n) is 4.56. The molecule has 6 heteroatoms. The topological polar surface area (TPSA) is 66.4 Å². The average Bonchev–Trinajstić information content (AvgIpc) is 2.46. The highest BCUT2D eigenvalue weighted by Gasteiger charge is 2.16. The molecular weight excluding hydrogens is 354 g/mol. The number of aliphatic hydroxyl groups is 1. The van der Waals surface area contributed by atoms with Gasteiger partial charge in [0.05, 0.1) is 11.5 Å². The number of hydrogen-bond acceptors (Lipinski definition) is 3. The van der Waals surface area contributed by atoms with Gasteiger partial charge in [-0.1, -0.05) is 35.0 Å². The van der Waals surface area contributed by atoms with Crippen LogP contribution in [0.1, 0.15) is 18.1 Å². The van der Waals surface area contributed by atoms with Gasteiger partial charge in [-0.15, -0.1) is 0 Å². The van der Waals surface area contributed by atoms with E-state index in [4.69, 9.17) is 0 Å². The van der Waals surface area contributed by atoms with E-state index in [-0.39, 0.29) is 11.5 Å². The highest BCUT2D eigenvalue weighted by Crippen LogP contribution is 2.22. The molecule has 0 aliphatic carbocycles. The zero-order chi connectivity index (χ0) is 15.5. The van der Waals surface area contributed by atoms with Crippen LogP contribution in [-0.2, 0) is 23.1 Å². The number of rotatable bonds is 5. The molecule has 0 aliphatic heterocycles. The van der Waals surface area contributed by atoms with Gasteiger partial charge >= 0.3 is 0 Å². The number of nitrogens with one attached hydrogen (secondary N) is 1. The fourth-order valence-corrected chi connectivity index (χ4v) is 3.53. The normalized spacial score (nSPS) is 11.4. The van der Waals surface area contributed by atoms with Crippen molar-refractivity contribution < 1.29 is 13.5 Å². The van der Waals surface area contributed by atoms with Crippen molar-refractivity contribution in [3.8, 4) is 0 Å². The van der Waals surface area contributed by atoms with E-state index in [0.29, 0.717) is 11.3 Å². The molecule has 0 radical (unpaired) electrons. The molecule has 2 rings (SSSR count). The van der Waals surface area contributed by atoms with Gasteiger partial charge in [-0.05, 0) is 47.9 Å². The van der Waals surface area contributed by atoms with Crippen LogP contribution in [-0.4, -0.2) is 13.5 Å². The molecule has 0 unspecified atom stereocenters. The average molecular weight is 370 g/mol. The van der Waals surface area contributed by atoms with Gasteiger partial charge in [-0.25, -0.2) is 8.42 Å². The standard InChI is InChI=1S/C15H16BrNO3S/c1-2-11-6-7-15(8-12(11)10-18)21(19,20)17-14-5-3-4-13(16)9-14/h3-9,17-18H,2,10H2,1H3. The maximum absolute atomic E-state index is 12.4. The van der Waals surface area contributed by atoms with Crippen LogP contribution in [0, 0.1) is 0 Å². The molecule has 0 saturated heterocycles. The van der Waals surface area contributed by atoms with Gasteiger partial charge in [0, 0.05) is 10.2 Å². The van der Waals surface area contributed by atoms with Crippen molar-refractivity contribution in [1.82, 2.24) is 0 Å². The highest BCUT2D eigenvalue weighted by atomic mass is 79.9. The molecule has 0 bridgehead atoms. The van der Waals surface area contributed by atoms with Gasteiger partial charge in [-0.2, -0.15) is 0 Å². The minimum Gasteiger partial charge on any atom is -0.392 e. The van der Waals surface area contributed by atoms with E-state index in [1.54, 1.807) is 30.3 Å². The number of aryl methyl sites for hydroxylation is 1. The predicted octanol–water partition coefficient (Wildman–Crippen LogP) is 3.30. The summed E-state index contributed by atoms with van der Waals surface area (Å²) in [4.78, 5) is 0.142. The fourth-order valence-electron chi connectivity index (χ4n) is 2.03. The third kappa shape index (κ3) is 3.84. The van der Waals surface area contributed by atoms with E-state index in [2.05, 4.69) is 20.7 Å². The zero-order valence-corrected chi connectivity index (χ0v) is 13.9. The van der Waals surface area contributed by atoms with E-state index < -0.39 is 10.0 Å². The Morgan fingerprint density at radius 3 is 2.52 bits per heavy atom. The summed E-state index contributed by atoms with van der Waals surface area (Å²) in [5.41, 5.74) is 2.06. The first-order valence-electron chi connectivity index (χ1n) is 6.47. The summed E-state index contributed by atoms with van der Waals surface area (Å²) in [6, 6.07) is 11.7. The van der Waals surface area contributed by atoms with Crippen LogP contribution < -0.4 is 4.72 Å². The molecule has 0 aromatic heterocycles. The van der Waals surface area contributed by atoms with E-state index in [0.717, 1.165) is 16.5 Å². The number of anilines is 1. The maximum atomic E-state index is 12.4. The molecule has 21 heavy (non-hydrogen) atoms. The molecule has 0 amide bonds. The zero-order valence-electron chi connectivity index (χ0n) is 11.5. The molecule has 0 fully saturated rings. The summed E-state index contributed by atoms with van der Waals surface area (Å²) in [6.07, 6.45) is 0.745. The summed E-state index contributed by atoms with van der Waals surface area (Å²) >= 11 is 3.30. The van der Waals surface area contributed by atoms with Crippen LogP contribution in [0.2, 0.25) is 0 Å². The molecule has 2 aromatic carbocycles. The Bertz CT molecular complexity index is 744. The van der Waals surface area contributed by atoms with Crippen LogP contribution in [0.25, 0.3) is 0 Å². The molecule has 0 saturated carbocycles. The lowest BCUT2D eigenvalue weighted by Gasteiger charge is -2.11. The van der Waals surface area contributed by atoms with Crippen molar-refractivity contribution in [2.75, 3.05) is 4.72 Å². The number of aliphatic hydroxyl groups excluding tert-OH is 1. The monoisotopic (exact) mass is 369 g/mol. The van der Waals surface area contributed by atoms with Gasteiger partial charge in [0.15, 0.2) is 0 Å². The minimum atomic E-state index is -3.67. The van der Waals surface area contributed by atoms with Gasteiger partial charge in [-0.3, -0.25) is 4.72 Å². The summed E-state index contributed by atoms with van der Waals surface area (Å²) in [5.74, 6) is 0. The highest BCUT2D eigenvalue weighted by molar-refractivity contribution is 9.10. The summed E-state index contributed by atoms with van der Waals surface area (Å²) in [6.45, 7) is 1.78. The van der Waals surface area contributed by atoms with Gasteiger partial charge < -0.3 is 5.11 Å². The molecule has 2 aromatic rings. The minimum absolute atomic E-state index is 0.142. The first-order valence-corrected chi connectivity index (χ1v) is 8.75. The van der Waals surface area contributed by atoms with Crippen LogP contribution in [0.4, 0.5) is 5.69 Å². The molecular formula is C15H16BrNO3S. The Morgan fingerprint density at radius 2 is 1.90 bits per heavy atom. The van der Waals surface area contributed by atoms with E-state index in [9.17, 15) is 13.5 Å². The Kier molecular flexibility index (Phi) is 5.03. The maximum Gasteiger partial charge on any atom is 0.261 e. The largest absolute Gasteiger partial charge is 0.392 e. The first kappa shape index (κ1) is 16.0. The lowest BCUT2D eigenvalue weighted by molar-refractivity contribution is 0.280. The predicted molar refractivity (Wildman–Crippen MR) is 86.7 cm³/mol. The SMILES string of the molecule is CCc1ccc(S(=O)(=O)Nc2cccc(Br)c2)cc1CO. The van der Waals surface area contributed by atoms with E-state index in [1.165, 1.54) is 6.07 Å². The lowest BCUT2D eigenvalue weighted by atomic mass is 10.1. The van der Waals surface area contributed by atoms with Crippen molar-refractivity contribution in [2.24, 2.45) is 0 Å². The third-order valence-corrected chi connectivity index (χ3v) is 4.99. The molecule has 0 aliphatic rings. The van der Waals surface area contributed by atoms with Crippen LogP contribution >= 0.6 is 15.9 Å². The Balaban J connectivity index is 2.35. The quantitative estimate of drug-likeness (QED) is 0.849. The second kappa shape index (κ2) is 6.60. The smallest absolute Gasteiger partial charge is 0.261 e. The number of hydrogen-bond donors (Lipinski definition) is 2. The summed E-state index contributed by atoms with van der Waals surface area (Å²) < 4.78 is 28.1. The molecule has 2 N–H and O–H groups in total. The Labute approximate surface area is 133 Å². The van der Waals surface area contributed by atoms with E-state index in [1.807, 2.05) is 13.0 Å². The van der Waals surface area contributed by atoms with Crippen LogP contribution in [0.15, 0.2) is 51.8 Å². The van der Waals surface area contributed by atoms with Gasteiger partial charge in [0.2, 0.25) is 0 Å². The second-order valence-corrected chi connectivity index (χ2v) is 7.16. The van der Waals surface area contributed by atoms with Crippen LogP contribution in [0.3, 0.4) is 0 Å². The summed E-state index contributed by atoms with van der Waals surface area (Å²) in [7, 11) is -3.67. The summed E-state index contributed by atoms with van der Waals surface area (Å²) in [5, 5.41) is 9.34. The molecule has 4 nitrogen and oxygen atoms in total. The molecule has 0 heterocycles. The van der Waals surface area contributed by atoms with Crippen LogP contribution in [0.5, 0.6) is 0 Å². The van der Waals surface area contributed by atoms with E-state index >= 15 is 0 Å².